The molecule has 0 aliphatic rings. The largest absolute Gasteiger partial charge is 0.436 e. The highest BCUT2D eigenvalue weighted by Crippen LogP contribution is 2.33. The molecule has 4 aromatic rings. The van der Waals surface area contributed by atoms with E-state index in [1.54, 1.807) is 24.3 Å². The number of hydrogen-bond acceptors (Lipinski definition) is 3. The van der Waals surface area contributed by atoms with Crippen molar-refractivity contribution in [2.45, 2.75) is 13.8 Å². The standard InChI is InChI=1S/C22H16ClIN2O2/c1-12-8-13(2)20-19(9-12)26-22(28-20)17-11-16(6-7-18(17)23)25-21(27)14-4-3-5-15(24)10-14/h3-11H,1-2H3,(H,25,27). The maximum atomic E-state index is 12.5. The van der Waals surface area contributed by atoms with Crippen LogP contribution in [0.25, 0.3) is 22.6 Å². The van der Waals surface area contributed by atoms with Crippen molar-refractivity contribution < 1.29 is 9.21 Å². The van der Waals surface area contributed by atoms with Gasteiger partial charge in [-0.2, -0.15) is 0 Å². The van der Waals surface area contributed by atoms with E-state index in [1.807, 2.05) is 38.1 Å². The number of oxazole rings is 1. The van der Waals surface area contributed by atoms with E-state index in [9.17, 15) is 4.79 Å². The number of rotatable bonds is 3. The van der Waals surface area contributed by atoms with Gasteiger partial charge in [-0.25, -0.2) is 4.98 Å². The molecular weight excluding hydrogens is 487 g/mol. The van der Waals surface area contributed by atoms with Crippen LogP contribution in [-0.4, -0.2) is 10.9 Å². The molecule has 140 valence electrons. The number of nitrogens with zero attached hydrogens (tertiary/aromatic N) is 1. The number of benzene rings is 3. The Balaban J connectivity index is 1.70. The Morgan fingerprint density at radius 3 is 2.71 bits per heavy atom. The Morgan fingerprint density at radius 1 is 1.11 bits per heavy atom. The van der Waals surface area contributed by atoms with Crippen molar-refractivity contribution in [1.82, 2.24) is 4.98 Å². The van der Waals surface area contributed by atoms with Crippen LogP contribution in [0.15, 0.2) is 59.0 Å². The number of hydrogen-bond donors (Lipinski definition) is 1. The minimum Gasteiger partial charge on any atom is -0.436 e. The van der Waals surface area contributed by atoms with Crippen molar-refractivity contribution >= 4 is 56.9 Å². The van der Waals surface area contributed by atoms with E-state index < -0.39 is 0 Å². The van der Waals surface area contributed by atoms with E-state index in [4.69, 9.17) is 16.0 Å². The zero-order valence-electron chi connectivity index (χ0n) is 15.2. The van der Waals surface area contributed by atoms with Gasteiger partial charge in [-0.05, 0) is 90.0 Å². The smallest absolute Gasteiger partial charge is 0.255 e. The van der Waals surface area contributed by atoms with Gasteiger partial charge in [0.05, 0.1) is 10.6 Å². The normalized spacial score (nSPS) is 11.0. The molecule has 28 heavy (non-hydrogen) atoms. The van der Waals surface area contributed by atoms with Crippen LogP contribution in [0.1, 0.15) is 21.5 Å². The number of aryl methyl sites for hydroxylation is 2. The van der Waals surface area contributed by atoms with Crippen molar-refractivity contribution in [2.24, 2.45) is 0 Å². The quantitative estimate of drug-likeness (QED) is 0.320. The lowest BCUT2D eigenvalue weighted by Gasteiger charge is -2.08. The second-order valence-corrected chi connectivity index (χ2v) is 8.26. The maximum Gasteiger partial charge on any atom is 0.255 e. The molecule has 0 aliphatic heterocycles. The van der Waals surface area contributed by atoms with E-state index >= 15 is 0 Å². The molecule has 0 spiro atoms. The van der Waals surface area contributed by atoms with Gasteiger partial charge >= 0.3 is 0 Å². The minimum absolute atomic E-state index is 0.184. The van der Waals surface area contributed by atoms with E-state index in [-0.39, 0.29) is 5.91 Å². The van der Waals surface area contributed by atoms with Gasteiger partial charge in [-0.15, -0.1) is 0 Å². The highest BCUT2D eigenvalue weighted by atomic mass is 127. The highest BCUT2D eigenvalue weighted by Gasteiger charge is 2.15. The summed E-state index contributed by atoms with van der Waals surface area (Å²) in [6.45, 7) is 4.01. The zero-order chi connectivity index (χ0) is 19.8. The highest BCUT2D eigenvalue weighted by molar-refractivity contribution is 14.1. The van der Waals surface area contributed by atoms with Gasteiger partial charge in [0.1, 0.15) is 5.52 Å². The average molecular weight is 503 g/mol. The van der Waals surface area contributed by atoms with Gasteiger partial charge in [-0.1, -0.05) is 23.7 Å². The summed E-state index contributed by atoms with van der Waals surface area (Å²) in [6, 6.07) is 16.7. The summed E-state index contributed by atoms with van der Waals surface area (Å²) in [5.74, 6) is 0.245. The summed E-state index contributed by atoms with van der Waals surface area (Å²) in [5, 5.41) is 3.41. The Morgan fingerprint density at radius 2 is 1.93 bits per heavy atom. The molecule has 0 radical (unpaired) electrons. The van der Waals surface area contributed by atoms with E-state index in [0.717, 1.165) is 25.8 Å². The fourth-order valence-electron chi connectivity index (χ4n) is 3.09. The monoisotopic (exact) mass is 502 g/mol. The molecule has 1 amide bonds. The number of anilines is 1. The number of carbonyl (C=O) groups excluding carboxylic acids is 1. The summed E-state index contributed by atoms with van der Waals surface area (Å²) >= 11 is 8.57. The topological polar surface area (TPSA) is 55.1 Å². The van der Waals surface area contributed by atoms with Crippen molar-refractivity contribution in [1.29, 1.82) is 0 Å². The first-order chi connectivity index (χ1) is 13.4. The van der Waals surface area contributed by atoms with Crippen LogP contribution >= 0.6 is 34.2 Å². The SMILES string of the molecule is Cc1cc(C)c2oc(-c3cc(NC(=O)c4cccc(I)c4)ccc3Cl)nc2c1. The molecule has 0 aliphatic carbocycles. The number of halogens is 2. The summed E-state index contributed by atoms with van der Waals surface area (Å²) in [6.07, 6.45) is 0. The van der Waals surface area contributed by atoms with Crippen LogP contribution in [0.3, 0.4) is 0 Å². The van der Waals surface area contributed by atoms with E-state index in [2.05, 4.69) is 39.0 Å². The van der Waals surface area contributed by atoms with Gasteiger partial charge in [0.25, 0.3) is 5.91 Å². The second kappa shape index (κ2) is 7.56. The van der Waals surface area contributed by atoms with Gasteiger partial charge in [0, 0.05) is 14.8 Å². The molecular formula is C22H16ClIN2O2. The lowest BCUT2D eigenvalue weighted by Crippen LogP contribution is -2.12. The van der Waals surface area contributed by atoms with Crippen molar-refractivity contribution in [3.05, 3.63) is 79.9 Å². The molecule has 0 saturated heterocycles. The van der Waals surface area contributed by atoms with Crippen LogP contribution < -0.4 is 5.32 Å². The molecule has 0 atom stereocenters. The lowest BCUT2D eigenvalue weighted by atomic mass is 10.1. The number of aromatic nitrogens is 1. The molecule has 1 aromatic heterocycles. The third-order valence-electron chi connectivity index (χ3n) is 4.36. The summed E-state index contributed by atoms with van der Waals surface area (Å²) in [4.78, 5) is 17.1. The van der Waals surface area contributed by atoms with Crippen LogP contribution in [0.2, 0.25) is 5.02 Å². The first-order valence-electron chi connectivity index (χ1n) is 8.65. The molecule has 4 rings (SSSR count). The first-order valence-corrected chi connectivity index (χ1v) is 10.1. The number of carbonyl (C=O) groups is 1. The number of fused-ring (bicyclic) bond motifs is 1. The fraction of sp³-hybridized carbons (Fsp3) is 0.0909. The van der Waals surface area contributed by atoms with E-state index in [1.165, 1.54) is 0 Å². The molecule has 0 bridgehead atoms. The predicted octanol–water partition coefficient (Wildman–Crippen LogP) is 6.62. The van der Waals surface area contributed by atoms with Gasteiger partial charge < -0.3 is 9.73 Å². The molecule has 3 aromatic carbocycles. The Bertz CT molecular complexity index is 1220. The van der Waals surface area contributed by atoms with Gasteiger partial charge in [0.2, 0.25) is 5.89 Å². The first kappa shape index (κ1) is 19.0. The molecule has 0 unspecified atom stereocenters. The Kier molecular flexibility index (Phi) is 5.12. The van der Waals surface area contributed by atoms with Crippen molar-refractivity contribution in [3.8, 4) is 11.5 Å². The Labute approximate surface area is 181 Å². The van der Waals surface area contributed by atoms with Crippen LogP contribution in [0.5, 0.6) is 0 Å². The molecule has 0 fully saturated rings. The van der Waals surface area contributed by atoms with E-state index in [0.29, 0.717) is 27.7 Å². The second-order valence-electron chi connectivity index (χ2n) is 6.61. The molecule has 6 heteroatoms. The van der Waals surface area contributed by atoms with Crippen LogP contribution in [0.4, 0.5) is 5.69 Å². The number of amides is 1. The lowest BCUT2D eigenvalue weighted by molar-refractivity contribution is 0.102. The van der Waals surface area contributed by atoms with Crippen molar-refractivity contribution in [3.63, 3.8) is 0 Å². The molecule has 1 heterocycles. The third-order valence-corrected chi connectivity index (χ3v) is 5.36. The zero-order valence-corrected chi connectivity index (χ0v) is 18.1. The molecule has 0 saturated carbocycles. The Hall–Kier alpha value is -2.38. The third kappa shape index (κ3) is 3.77. The maximum absolute atomic E-state index is 12.5. The molecule has 4 nitrogen and oxygen atoms in total. The molecule has 1 N–H and O–H groups in total. The average Bonchev–Trinajstić information content (AvgIpc) is 3.07. The summed E-state index contributed by atoms with van der Waals surface area (Å²) in [7, 11) is 0. The van der Waals surface area contributed by atoms with Crippen molar-refractivity contribution in [2.75, 3.05) is 5.32 Å². The number of nitrogens with one attached hydrogen (secondary N) is 1. The minimum atomic E-state index is -0.184. The van der Waals surface area contributed by atoms with Crippen LogP contribution in [-0.2, 0) is 0 Å². The predicted molar refractivity (Wildman–Crippen MR) is 121 cm³/mol. The fourth-order valence-corrected chi connectivity index (χ4v) is 3.83. The van der Waals surface area contributed by atoms with Gasteiger partial charge in [-0.3, -0.25) is 4.79 Å². The van der Waals surface area contributed by atoms with Gasteiger partial charge in [0.15, 0.2) is 5.58 Å². The van der Waals surface area contributed by atoms with Crippen LogP contribution in [0, 0.1) is 17.4 Å². The summed E-state index contributed by atoms with van der Waals surface area (Å²) in [5.41, 5.74) is 5.52. The summed E-state index contributed by atoms with van der Waals surface area (Å²) < 4.78 is 6.97.